The van der Waals surface area contributed by atoms with E-state index in [0.717, 1.165) is 22.2 Å². The van der Waals surface area contributed by atoms with Crippen molar-refractivity contribution >= 4 is 33.2 Å². The molecule has 2 nitrogen and oxygen atoms in total. The molecule has 1 amide bonds. The van der Waals surface area contributed by atoms with Crippen molar-refractivity contribution in [2.45, 2.75) is 32.7 Å². The highest BCUT2D eigenvalue weighted by Gasteiger charge is 2.11. The average molecular weight is 276 g/mol. The molecular weight excluding hydrogens is 262 g/mol. The van der Waals surface area contributed by atoms with Gasteiger partial charge in [0.2, 0.25) is 0 Å². The van der Waals surface area contributed by atoms with Crippen molar-refractivity contribution in [3.05, 3.63) is 20.8 Å². The number of nitrogens with one attached hydrogen (secondary N) is 1. The Labute approximate surface area is 96.8 Å². The van der Waals surface area contributed by atoms with Crippen molar-refractivity contribution in [2.75, 3.05) is 0 Å². The number of carbonyl (C=O) groups excluding carboxylic acids is 1. The van der Waals surface area contributed by atoms with Gasteiger partial charge in [-0.05, 0) is 34.8 Å². The highest BCUT2D eigenvalue weighted by atomic mass is 79.9. The van der Waals surface area contributed by atoms with Crippen LogP contribution in [0.3, 0.4) is 0 Å². The smallest absolute Gasteiger partial charge is 0.261 e. The van der Waals surface area contributed by atoms with Crippen LogP contribution < -0.4 is 5.32 Å². The SMILES string of the molecule is CCC(CC)NC(=O)c1cc(Br)cs1. The van der Waals surface area contributed by atoms with E-state index in [2.05, 4.69) is 35.1 Å². The first-order valence-electron chi connectivity index (χ1n) is 4.72. The predicted octanol–water partition coefficient (Wildman–Crippen LogP) is 3.43. The summed E-state index contributed by atoms with van der Waals surface area (Å²) in [5.41, 5.74) is 0. The summed E-state index contributed by atoms with van der Waals surface area (Å²) in [4.78, 5) is 12.4. The third-order valence-corrected chi connectivity index (χ3v) is 3.80. The maximum absolute atomic E-state index is 11.7. The summed E-state index contributed by atoms with van der Waals surface area (Å²) in [5, 5.41) is 4.92. The number of carbonyl (C=O) groups is 1. The Morgan fingerprint density at radius 3 is 2.64 bits per heavy atom. The fourth-order valence-corrected chi connectivity index (χ4v) is 2.51. The zero-order valence-corrected chi connectivity index (χ0v) is 10.7. The topological polar surface area (TPSA) is 29.1 Å². The van der Waals surface area contributed by atoms with Crippen LogP contribution in [0.15, 0.2) is 15.9 Å². The summed E-state index contributed by atoms with van der Waals surface area (Å²) in [6.45, 7) is 4.16. The van der Waals surface area contributed by atoms with Gasteiger partial charge in [-0.2, -0.15) is 0 Å². The molecule has 1 aromatic heterocycles. The van der Waals surface area contributed by atoms with Gasteiger partial charge in [-0.15, -0.1) is 11.3 Å². The second-order valence-corrected chi connectivity index (χ2v) is 4.94. The van der Waals surface area contributed by atoms with Gasteiger partial charge in [0.1, 0.15) is 0 Å². The van der Waals surface area contributed by atoms with Crippen LogP contribution in [0.4, 0.5) is 0 Å². The van der Waals surface area contributed by atoms with Crippen LogP contribution in [0.5, 0.6) is 0 Å². The molecule has 0 aliphatic carbocycles. The number of hydrogen-bond acceptors (Lipinski definition) is 2. The predicted molar refractivity (Wildman–Crippen MR) is 63.9 cm³/mol. The molecule has 0 saturated carbocycles. The summed E-state index contributed by atoms with van der Waals surface area (Å²) in [5.74, 6) is 0.0365. The fourth-order valence-electron chi connectivity index (χ4n) is 1.18. The van der Waals surface area contributed by atoms with E-state index in [1.54, 1.807) is 0 Å². The van der Waals surface area contributed by atoms with Gasteiger partial charge in [-0.3, -0.25) is 4.79 Å². The quantitative estimate of drug-likeness (QED) is 0.896. The van der Waals surface area contributed by atoms with Crippen molar-refractivity contribution in [1.29, 1.82) is 0 Å². The fraction of sp³-hybridized carbons (Fsp3) is 0.500. The second kappa shape index (κ2) is 5.51. The van der Waals surface area contributed by atoms with Crippen molar-refractivity contribution in [2.24, 2.45) is 0 Å². The Morgan fingerprint density at radius 2 is 2.21 bits per heavy atom. The maximum Gasteiger partial charge on any atom is 0.261 e. The molecule has 0 atom stereocenters. The molecule has 14 heavy (non-hydrogen) atoms. The van der Waals surface area contributed by atoms with Crippen molar-refractivity contribution < 1.29 is 4.79 Å². The molecule has 0 bridgehead atoms. The lowest BCUT2D eigenvalue weighted by atomic mass is 10.2. The van der Waals surface area contributed by atoms with Gasteiger partial charge in [0, 0.05) is 15.9 Å². The van der Waals surface area contributed by atoms with E-state index in [1.165, 1.54) is 11.3 Å². The molecule has 0 fully saturated rings. The van der Waals surface area contributed by atoms with Crippen molar-refractivity contribution in [3.8, 4) is 0 Å². The third-order valence-electron chi connectivity index (χ3n) is 2.11. The first-order valence-corrected chi connectivity index (χ1v) is 6.39. The third kappa shape index (κ3) is 3.10. The molecular formula is C10H14BrNOS. The van der Waals surface area contributed by atoms with Crippen LogP contribution in [-0.4, -0.2) is 11.9 Å². The molecule has 0 saturated heterocycles. The van der Waals surface area contributed by atoms with Crippen LogP contribution in [-0.2, 0) is 0 Å². The van der Waals surface area contributed by atoms with Gasteiger partial charge in [-0.25, -0.2) is 0 Å². The lowest BCUT2D eigenvalue weighted by molar-refractivity contribution is 0.0939. The van der Waals surface area contributed by atoms with E-state index in [9.17, 15) is 4.79 Å². The summed E-state index contributed by atoms with van der Waals surface area (Å²) in [6.07, 6.45) is 1.96. The van der Waals surface area contributed by atoms with E-state index in [4.69, 9.17) is 0 Å². The van der Waals surface area contributed by atoms with Crippen molar-refractivity contribution in [3.63, 3.8) is 0 Å². The first kappa shape index (κ1) is 11.7. The van der Waals surface area contributed by atoms with Gasteiger partial charge in [-0.1, -0.05) is 13.8 Å². The summed E-state index contributed by atoms with van der Waals surface area (Å²) in [6, 6.07) is 2.14. The Morgan fingerprint density at radius 1 is 1.57 bits per heavy atom. The Kier molecular flexibility index (Phi) is 4.62. The molecule has 78 valence electrons. The molecule has 0 spiro atoms. The normalized spacial score (nSPS) is 10.6. The molecule has 0 unspecified atom stereocenters. The van der Waals surface area contributed by atoms with Crippen LogP contribution in [0.2, 0.25) is 0 Å². The van der Waals surface area contributed by atoms with Gasteiger partial charge >= 0.3 is 0 Å². The Balaban J connectivity index is 2.58. The summed E-state index contributed by atoms with van der Waals surface area (Å²) >= 11 is 4.79. The molecule has 4 heteroatoms. The van der Waals surface area contributed by atoms with Crippen LogP contribution >= 0.6 is 27.3 Å². The zero-order chi connectivity index (χ0) is 10.6. The number of thiophene rings is 1. The highest BCUT2D eigenvalue weighted by Crippen LogP contribution is 2.19. The Hall–Kier alpha value is -0.350. The number of amides is 1. The van der Waals surface area contributed by atoms with Crippen LogP contribution in [0.1, 0.15) is 36.4 Å². The average Bonchev–Trinajstić information content (AvgIpc) is 2.61. The molecule has 0 aliphatic rings. The molecule has 1 N–H and O–H groups in total. The summed E-state index contributed by atoms with van der Waals surface area (Å²) < 4.78 is 0.970. The van der Waals surface area contributed by atoms with Crippen LogP contribution in [0.25, 0.3) is 0 Å². The largest absolute Gasteiger partial charge is 0.349 e. The molecule has 1 aromatic rings. The van der Waals surface area contributed by atoms with E-state index in [1.807, 2.05) is 11.4 Å². The minimum Gasteiger partial charge on any atom is -0.349 e. The second-order valence-electron chi connectivity index (χ2n) is 3.12. The van der Waals surface area contributed by atoms with Gasteiger partial charge in [0.15, 0.2) is 0 Å². The molecule has 0 radical (unpaired) electrons. The highest BCUT2D eigenvalue weighted by molar-refractivity contribution is 9.10. The lowest BCUT2D eigenvalue weighted by Gasteiger charge is -2.13. The Bertz CT molecular complexity index is 307. The van der Waals surface area contributed by atoms with Gasteiger partial charge in [0.25, 0.3) is 5.91 Å². The molecule has 0 aromatic carbocycles. The molecule has 0 aliphatic heterocycles. The van der Waals surface area contributed by atoms with Gasteiger partial charge in [0.05, 0.1) is 4.88 Å². The van der Waals surface area contributed by atoms with E-state index >= 15 is 0 Å². The van der Waals surface area contributed by atoms with E-state index in [0.29, 0.717) is 6.04 Å². The van der Waals surface area contributed by atoms with Gasteiger partial charge < -0.3 is 5.32 Å². The van der Waals surface area contributed by atoms with E-state index < -0.39 is 0 Å². The monoisotopic (exact) mass is 275 g/mol. The number of rotatable bonds is 4. The zero-order valence-electron chi connectivity index (χ0n) is 8.34. The standard InChI is InChI=1S/C10H14BrNOS/c1-3-8(4-2)12-10(13)9-5-7(11)6-14-9/h5-6,8H,3-4H2,1-2H3,(H,12,13). The molecule has 1 heterocycles. The molecule has 1 rings (SSSR count). The van der Waals surface area contributed by atoms with E-state index in [-0.39, 0.29) is 5.91 Å². The van der Waals surface area contributed by atoms with Crippen LogP contribution in [0, 0.1) is 0 Å². The maximum atomic E-state index is 11.7. The number of halogens is 1. The number of hydrogen-bond donors (Lipinski definition) is 1. The first-order chi connectivity index (χ1) is 6.67. The minimum absolute atomic E-state index is 0.0365. The minimum atomic E-state index is 0.0365. The summed E-state index contributed by atoms with van der Waals surface area (Å²) in [7, 11) is 0. The van der Waals surface area contributed by atoms with Crippen molar-refractivity contribution in [1.82, 2.24) is 5.32 Å². The lowest BCUT2D eigenvalue weighted by Crippen LogP contribution is -2.33.